The van der Waals surface area contributed by atoms with Crippen LogP contribution in [0, 0.1) is 0 Å². The van der Waals surface area contributed by atoms with Gasteiger partial charge in [-0.25, -0.2) is 9.97 Å². The second-order valence-corrected chi connectivity index (χ2v) is 5.63. The molecule has 0 radical (unpaired) electrons. The Kier molecular flexibility index (Phi) is 2.31. The summed E-state index contributed by atoms with van der Waals surface area (Å²) in [7, 11) is -0.380. The minimum atomic E-state index is -0.380. The van der Waals surface area contributed by atoms with Crippen LogP contribution in [0.15, 0.2) is 24.9 Å². The van der Waals surface area contributed by atoms with Gasteiger partial charge in [0.2, 0.25) is 0 Å². The monoisotopic (exact) mass is 245 g/mol. The van der Waals surface area contributed by atoms with Crippen molar-refractivity contribution in [3.05, 3.63) is 24.9 Å². The largest absolute Gasteiger partial charge is 0.497 e. The molecular weight excluding hydrogens is 229 g/mol. The number of hydrogen-bond donors (Lipinski definition) is 0. The van der Waals surface area contributed by atoms with Crippen LogP contribution in [0.25, 0.3) is 5.65 Å². The third-order valence-corrected chi connectivity index (χ3v) is 3.81. The van der Waals surface area contributed by atoms with Gasteiger partial charge in [-0.2, -0.15) is 0 Å². The first-order valence-electron chi connectivity index (χ1n) is 6.02. The van der Waals surface area contributed by atoms with Gasteiger partial charge >= 0.3 is 7.12 Å². The third-order valence-electron chi connectivity index (χ3n) is 3.81. The number of nitrogens with zero attached hydrogens (tertiary/aromatic N) is 3. The second-order valence-electron chi connectivity index (χ2n) is 5.63. The maximum atomic E-state index is 5.98. The maximum Gasteiger partial charge on any atom is 0.497 e. The van der Waals surface area contributed by atoms with E-state index in [0.717, 1.165) is 11.1 Å². The van der Waals surface area contributed by atoms with Crippen molar-refractivity contribution in [2.24, 2.45) is 0 Å². The lowest BCUT2D eigenvalue weighted by molar-refractivity contribution is 0.00578. The molecule has 94 valence electrons. The molecule has 1 aliphatic rings. The fourth-order valence-corrected chi connectivity index (χ4v) is 1.93. The van der Waals surface area contributed by atoms with Crippen LogP contribution in [0.4, 0.5) is 0 Å². The molecule has 0 saturated carbocycles. The molecule has 0 bridgehead atoms. The van der Waals surface area contributed by atoms with Crippen LogP contribution in [-0.4, -0.2) is 32.7 Å². The summed E-state index contributed by atoms with van der Waals surface area (Å²) < 4.78 is 13.8. The molecule has 5 nitrogen and oxygen atoms in total. The molecule has 6 heteroatoms. The van der Waals surface area contributed by atoms with E-state index in [2.05, 4.69) is 9.97 Å². The fourth-order valence-electron chi connectivity index (χ4n) is 1.93. The van der Waals surface area contributed by atoms with E-state index in [0.29, 0.717) is 0 Å². The third kappa shape index (κ3) is 1.64. The molecule has 0 aromatic carbocycles. The van der Waals surface area contributed by atoms with Gasteiger partial charge in [0.05, 0.1) is 17.4 Å². The van der Waals surface area contributed by atoms with Gasteiger partial charge in [0, 0.05) is 17.9 Å². The minimum absolute atomic E-state index is 0.332. The van der Waals surface area contributed by atoms with Crippen LogP contribution in [0.5, 0.6) is 0 Å². The highest BCUT2D eigenvalue weighted by Gasteiger charge is 2.51. The predicted octanol–water partition coefficient (Wildman–Crippen LogP) is 1.03. The van der Waals surface area contributed by atoms with Crippen LogP contribution in [0.2, 0.25) is 0 Å². The summed E-state index contributed by atoms with van der Waals surface area (Å²) in [5, 5.41) is 0. The molecule has 1 saturated heterocycles. The lowest BCUT2D eigenvalue weighted by atomic mass is 9.81. The first-order chi connectivity index (χ1) is 8.39. The number of fused-ring (bicyclic) bond motifs is 1. The van der Waals surface area contributed by atoms with E-state index in [1.165, 1.54) is 0 Å². The number of imidazole rings is 1. The van der Waals surface area contributed by atoms with E-state index in [-0.39, 0.29) is 18.3 Å². The van der Waals surface area contributed by atoms with Gasteiger partial charge in [-0.3, -0.25) is 4.40 Å². The summed E-state index contributed by atoms with van der Waals surface area (Å²) >= 11 is 0. The molecular formula is C12H16BN3O2. The lowest BCUT2D eigenvalue weighted by Gasteiger charge is -2.32. The highest BCUT2D eigenvalue weighted by molar-refractivity contribution is 6.61. The molecule has 3 rings (SSSR count). The van der Waals surface area contributed by atoms with Gasteiger partial charge in [-0.15, -0.1) is 0 Å². The Morgan fingerprint density at radius 3 is 2.44 bits per heavy atom. The van der Waals surface area contributed by atoms with Crippen molar-refractivity contribution in [3.8, 4) is 0 Å². The molecule has 2 aromatic heterocycles. The van der Waals surface area contributed by atoms with Gasteiger partial charge in [0.25, 0.3) is 0 Å². The van der Waals surface area contributed by atoms with Gasteiger partial charge in [-0.1, -0.05) is 0 Å². The highest BCUT2D eigenvalue weighted by Crippen LogP contribution is 2.36. The van der Waals surface area contributed by atoms with E-state index in [9.17, 15) is 0 Å². The lowest BCUT2D eigenvalue weighted by Crippen LogP contribution is -2.41. The highest BCUT2D eigenvalue weighted by atomic mass is 16.7. The van der Waals surface area contributed by atoms with Crippen LogP contribution in [0.3, 0.4) is 0 Å². The average molecular weight is 245 g/mol. The Morgan fingerprint density at radius 2 is 1.78 bits per heavy atom. The summed E-state index contributed by atoms with van der Waals surface area (Å²) in [6, 6.07) is 0. The average Bonchev–Trinajstić information content (AvgIpc) is 2.80. The van der Waals surface area contributed by atoms with Crippen LogP contribution in [-0.2, 0) is 9.31 Å². The summed E-state index contributed by atoms with van der Waals surface area (Å²) in [6.45, 7) is 8.15. The summed E-state index contributed by atoms with van der Waals surface area (Å²) in [5.41, 5.74) is 1.05. The van der Waals surface area contributed by atoms with Gasteiger partial charge in [-0.05, 0) is 27.7 Å². The fraction of sp³-hybridized carbons (Fsp3) is 0.500. The summed E-state index contributed by atoms with van der Waals surface area (Å²) in [6.07, 6.45) is 7.15. The SMILES string of the molecule is CC1(C)OB(c2cnc3cncn3c2)OC1(C)C. The van der Waals surface area contributed by atoms with Gasteiger partial charge < -0.3 is 9.31 Å². The zero-order chi connectivity index (χ0) is 13.0. The predicted molar refractivity (Wildman–Crippen MR) is 68.7 cm³/mol. The van der Waals surface area contributed by atoms with Crippen molar-refractivity contribution >= 4 is 18.2 Å². The Hall–Kier alpha value is -1.40. The minimum Gasteiger partial charge on any atom is -0.399 e. The van der Waals surface area contributed by atoms with Crippen molar-refractivity contribution in [1.82, 2.24) is 14.4 Å². The maximum absolute atomic E-state index is 5.98. The first-order valence-corrected chi connectivity index (χ1v) is 6.02. The molecule has 18 heavy (non-hydrogen) atoms. The Labute approximate surface area is 106 Å². The topological polar surface area (TPSA) is 48.7 Å². The molecule has 1 aliphatic heterocycles. The van der Waals surface area contributed by atoms with Crippen molar-refractivity contribution in [1.29, 1.82) is 0 Å². The van der Waals surface area contributed by atoms with Gasteiger partial charge in [0.1, 0.15) is 6.33 Å². The van der Waals surface area contributed by atoms with E-state index < -0.39 is 0 Å². The molecule has 0 atom stereocenters. The molecule has 0 amide bonds. The van der Waals surface area contributed by atoms with E-state index in [1.54, 1.807) is 18.7 Å². The number of aromatic nitrogens is 3. The standard InChI is InChI=1S/C12H16BN3O2/c1-11(2)12(3,4)18-13(17-11)9-5-15-10-6-14-8-16(10)7-9/h5-8H,1-4H3. The molecule has 1 fully saturated rings. The van der Waals surface area contributed by atoms with Gasteiger partial charge in [0.15, 0.2) is 5.65 Å². The zero-order valence-electron chi connectivity index (χ0n) is 11.0. The summed E-state index contributed by atoms with van der Waals surface area (Å²) in [4.78, 5) is 8.37. The normalized spacial score (nSPS) is 21.7. The Balaban J connectivity index is 1.96. The zero-order valence-corrected chi connectivity index (χ0v) is 11.0. The quantitative estimate of drug-likeness (QED) is 0.704. The molecule has 3 heterocycles. The van der Waals surface area contributed by atoms with Crippen LogP contribution < -0.4 is 5.46 Å². The van der Waals surface area contributed by atoms with Crippen molar-refractivity contribution in [2.75, 3.05) is 0 Å². The second kappa shape index (κ2) is 3.55. The smallest absolute Gasteiger partial charge is 0.399 e. The molecule has 0 spiro atoms. The van der Waals surface area contributed by atoms with E-state index in [1.807, 2.05) is 38.3 Å². The number of rotatable bonds is 1. The molecule has 2 aromatic rings. The molecule has 0 N–H and O–H groups in total. The van der Waals surface area contributed by atoms with Crippen molar-refractivity contribution in [3.63, 3.8) is 0 Å². The molecule has 0 unspecified atom stereocenters. The first kappa shape index (κ1) is 11.7. The Bertz CT molecular complexity index is 578. The summed E-state index contributed by atoms with van der Waals surface area (Å²) in [5.74, 6) is 0. The van der Waals surface area contributed by atoms with Crippen molar-refractivity contribution in [2.45, 2.75) is 38.9 Å². The van der Waals surface area contributed by atoms with E-state index in [4.69, 9.17) is 9.31 Å². The molecule has 0 aliphatic carbocycles. The van der Waals surface area contributed by atoms with E-state index >= 15 is 0 Å². The van der Waals surface area contributed by atoms with Crippen LogP contribution in [0.1, 0.15) is 27.7 Å². The van der Waals surface area contributed by atoms with Crippen LogP contribution >= 0.6 is 0 Å². The Morgan fingerprint density at radius 1 is 1.11 bits per heavy atom. The van der Waals surface area contributed by atoms with Crippen molar-refractivity contribution < 1.29 is 9.31 Å². The number of hydrogen-bond acceptors (Lipinski definition) is 4.